The lowest BCUT2D eigenvalue weighted by Crippen LogP contribution is -2.27. The van der Waals surface area contributed by atoms with Gasteiger partial charge in [0.1, 0.15) is 10.6 Å². The summed E-state index contributed by atoms with van der Waals surface area (Å²) in [6, 6.07) is 15.1. The third-order valence-electron chi connectivity index (χ3n) is 5.52. The minimum absolute atomic E-state index is 0.161. The lowest BCUT2D eigenvalue weighted by molar-refractivity contribution is 0.415. The number of ether oxygens (including phenoxy) is 1. The van der Waals surface area contributed by atoms with Crippen LogP contribution in [0.1, 0.15) is 16.0 Å². The van der Waals surface area contributed by atoms with E-state index in [0.717, 1.165) is 32.4 Å². The standard InChI is InChI=1S/C24H18N2O3S/c1-13-14(2)30-24-20(13)22(27)25-21-19(12-15-8-10-16(29-3)11-9-15)17-6-4-5-7-18(17)23(28)26(21)24/h4-12H,1-3H3. The molecule has 0 saturated heterocycles. The van der Waals surface area contributed by atoms with Gasteiger partial charge in [-0.1, -0.05) is 30.3 Å². The van der Waals surface area contributed by atoms with E-state index in [-0.39, 0.29) is 11.1 Å². The number of hydrogen-bond donors (Lipinski definition) is 0. The molecule has 0 N–H and O–H groups in total. The first-order valence-electron chi connectivity index (χ1n) is 9.52. The minimum Gasteiger partial charge on any atom is -0.497 e. The van der Waals surface area contributed by atoms with E-state index in [1.54, 1.807) is 11.5 Å². The number of benzene rings is 2. The summed E-state index contributed by atoms with van der Waals surface area (Å²) in [4.78, 5) is 32.4. The van der Waals surface area contributed by atoms with Crippen LogP contribution in [-0.4, -0.2) is 16.5 Å². The van der Waals surface area contributed by atoms with Gasteiger partial charge in [-0.05, 0) is 54.6 Å². The van der Waals surface area contributed by atoms with Gasteiger partial charge >= 0.3 is 0 Å². The average Bonchev–Trinajstić information content (AvgIpc) is 3.06. The minimum atomic E-state index is -0.300. The molecule has 0 saturated carbocycles. The fraction of sp³-hybridized carbons (Fsp3) is 0.125. The molecule has 6 heteroatoms. The van der Waals surface area contributed by atoms with Gasteiger partial charge in [-0.2, -0.15) is 4.98 Å². The van der Waals surface area contributed by atoms with E-state index in [9.17, 15) is 9.59 Å². The molecule has 0 spiro atoms. The first-order valence-corrected chi connectivity index (χ1v) is 10.3. The Kier molecular flexibility index (Phi) is 4.18. The summed E-state index contributed by atoms with van der Waals surface area (Å²) in [6.07, 6.45) is 1.96. The number of methoxy groups -OCH3 is 1. The molecule has 5 rings (SSSR count). The van der Waals surface area contributed by atoms with E-state index in [4.69, 9.17) is 4.74 Å². The Labute approximate surface area is 175 Å². The fourth-order valence-electron chi connectivity index (χ4n) is 3.84. The van der Waals surface area contributed by atoms with Gasteiger partial charge in [0.2, 0.25) is 0 Å². The van der Waals surface area contributed by atoms with Crippen LogP contribution in [0.15, 0.2) is 58.1 Å². The number of hydrogen-bond acceptors (Lipinski definition) is 5. The Morgan fingerprint density at radius 1 is 1.00 bits per heavy atom. The van der Waals surface area contributed by atoms with E-state index in [2.05, 4.69) is 4.98 Å². The van der Waals surface area contributed by atoms with Crippen molar-refractivity contribution in [2.75, 3.05) is 7.11 Å². The van der Waals surface area contributed by atoms with Crippen molar-refractivity contribution >= 4 is 44.0 Å². The van der Waals surface area contributed by atoms with Gasteiger partial charge in [-0.15, -0.1) is 11.3 Å². The van der Waals surface area contributed by atoms with E-state index in [0.29, 0.717) is 21.3 Å². The maximum absolute atomic E-state index is 13.4. The topological polar surface area (TPSA) is 60.7 Å². The van der Waals surface area contributed by atoms with Gasteiger partial charge < -0.3 is 4.74 Å². The SMILES string of the molecule is COc1ccc(C=c2c3ccccc3c(=O)n3c2nc(=O)c2c(C)c(C)sc23)cc1. The van der Waals surface area contributed by atoms with Gasteiger partial charge in [-0.3, -0.25) is 9.59 Å². The lowest BCUT2D eigenvalue weighted by atomic mass is 10.1. The monoisotopic (exact) mass is 414 g/mol. The van der Waals surface area contributed by atoms with Crippen molar-refractivity contribution in [3.05, 3.63) is 90.5 Å². The van der Waals surface area contributed by atoms with Crippen LogP contribution < -0.4 is 21.1 Å². The molecule has 0 aliphatic carbocycles. The zero-order chi connectivity index (χ0) is 21.0. The third kappa shape index (κ3) is 2.64. The van der Waals surface area contributed by atoms with Crippen LogP contribution in [0.2, 0.25) is 0 Å². The Hall–Kier alpha value is -3.51. The smallest absolute Gasteiger partial charge is 0.282 e. The molecule has 0 aliphatic heterocycles. The molecule has 0 fully saturated rings. The van der Waals surface area contributed by atoms with Crippen LogP contribution in [-0.2, 0) is 0 Å². The van der Waals surface area contributed by atoms with Crippen molar-refractivity contribution < 1.29 is 4.74 Å². The van der Waals surface area contributed by atoms with Crippen LogP contribution in [0.3, 0.4) is 0 Å². The number of pyridine rings is 1. The zero-order valence-corrected chi connectivity index (χ0v) is 17.5. The quantitative estimate of drug-likeness (QED) is 0.414. The second kappa shape index (κ2) is 6.78. The first-order chi connectivity index (χ1) is 14.5. The van der Waals surface area contributed by atoms with Crippen molar-refractivity contribution in [2.24, 2.45) is 0 Å². The summed E-state index contributed by atoms with van der Waals surface area (Å²) in [5.41, 5.74) is 1.73. The Balaban J connectivity index is 2.04. The third-order valence-corrected chi connectivity index (χ3v) is 6.71. The normalized spacial score (nSPS) is 12.3. The zero-order valence-electron chi connectivity index (χ0n) is 16.7. The Bertz CT molecular complexity index is 1630. The molecule has 0 bridgehead atoms. The van der Waals surface area contributed by atoms with Crippen molar-refractivity contribution in [3.8, 4) is 5.75 Å². The molecule has 5 nitrogen and oxygen atoms in total. The summed E-state index contributed by atoms with van der Waals surface area (Å²) >= 11 is 1.46. The maximum atomic E-state index is 13.4. The molecule has 30 heavy (non-hydrogen) atoms. The molecule has 148 valence electrons. The molecule has 3 heterocycles. The van der Waals surface area contributed by atoms with E-state index in [1.165, 1.54) is 11.3 Å². The molecule has 3 aromatic heterocycles. The molecule has 0 radical (unpaired) electrons. The van der Waals surface area contributed by atoms with Gasteiger partial charge in [0.05, 0.1) is 12.5 Å². The van der Waals surface area contributed by atoms with Crippen LogP contribution in [0.4, 0.5) is 0 Å². The largest absolute Gasteiger partial charge is 0.497 e. The second-order valence-electron chi connectivity index (χ2n) is 7.22. The Morgan fingerprint density at radius 2 is 1.70 bits per heavy atom. The number of fused-ring (bicyclic) bond motifs is 4. The molecule has 0 atom stereocenters. The molecule has 0 aliphatic rings. The van der Waals surface area contributed by atoms with Crippen molar-refractivity contribution in [2.45, 2.75) is 13.8 Å². The van der Waals surface area contributed by atoms with E-state index < -0.39 is 0 Å². The van der Waals surface area contributed by atoms with Crippen LogP contribution in [0.5, 0.6) is 5.75 Å². The number of nitrogens with zero attached hydrogens (tertiary/aromatic N) is 2. The highest BCUT2D eigenvalue weighted by molar-refractivity contribution is 7.18. The highest BCUT2D eigenvalue weighted by atomic mass is 32.1. The van der Waals surface area contributed by atoms with Crippen LogP contribution in [0, 0.1) is 13.8 Å². The number of thiophene rings is 1. The van der Waals surface area contributed by atoms with Gasteiger partial charge in [-0.25, -0.2) is 4.40 Å². The molecule has 2 aromatic carbocycles. The summed E-state index contributed by atoms with van der Waals surface area (Å²) < 4.78 is 6.84. The van der Waals surface area contributed by atoms with Gasteiger partial charge in [0.15, 0.2) is 5.65 Å². The van der Waals surface area contributed by atoms with Crippen molar-refractivity contribution in [1.29, 1.82) is 0 Å². The van der Waals surface area contributed by atoms with E-state index in [1.807, 2.05) is 68.5 Å². The summed E-state index contributed by atoms with van der Waals surface area (Å²) in [5, 5.41) is 2.64. The predicted molar refractivity (Wildman–Crippen MR) is 122 cm³/mol. The molecule has 5 aromatic rings. The number of rotatable bonds is 2. The number of aromatic nitrogens is 2. The summed E-state index contributed by atoms with van der Waals surface area (Å²) in [5.74, 6) is 0.761. The lowest BCUT2D eigenvalue weighted by Gasteiger charge is -2.07. The molecular formula is C24H18N2O3S. The van der Waals surface area contributed by atoms with Crippen LogP contribution >= 0.6 is 11.3 Å². The van der Waals surface area contributed by atoms with Crippen molar-refractivity contribution in [1.82, 2.24) is 9.38 Å². The number of aryl methyl sites for hydroxylation is 2. The van der Waals surface area contributed by atoms with Gasteiger partial charge in [0.25, 0.3) is 11.1 Å². The summed E-state index contributed by atoms with van der Waals surface area (Å²) in [6.45, 7) is 3.86. The van der Waals surface area contributed by atoms with Crippen LogP contribution in [0.25, 0.3) is 32.7 Å². The fourth-order valence-corrected chi connectivity index (χ4v) is 4.99. The highest BCUT2D eigenvalue weighted by Crippen LogP contribution is 2.27. The maximum Gasteiger partial charge on any atom is 0.282 e. The average molecular weight is 414 g/mol. The molecule has 0 unspecified atom stereocenters. The Morgan fingerprint density at radius 3 is 2.40 bits per heavy atom. The highest BCUT2D eigenvalue weighted by Gasteiger charge is 2.17. The second-order valence-corrected chi connectivity index (χ2v) is 8.42. The van der Waals surface area contributed by atoms with Gasteiger partial charge in [0, 0.05) is 15.5 Å². The van der Waals surface area contributed by atoms with E-state index >= 15 is 0 Å². The first kappa shape index (κ1) is 18.5. The van der Waals surface area contributed by atoms with Crippen molar-refractivity contribution in [3.63, 3.8) is 0 Å². The molecule has 0 amide bonds. The predicted octanol–water partition coefficient (Wildman–Crippen LogP) is 3.60. The molecular weight excluding hydrogens is 396 g/mol. The summed E-state index contributed by atoms with van der Waals surface area (Å²) in [7, 11) is 1.62.